The molecule has 3 atom stereocenters. The van der Waals surface area contributed by atoms with Crippen LogP contribution in [0.3, 0.4) is 0 Å². The van der Waals surface area contributed by atoms with Gasteiger partial charge < -0.3 is 4.90 Å². The smallest absolute Gasteiger partial charge is 0.177 e. The second-order valence-electron chi connectivity index (χ2n) is 7.09. The SMILES string of the molecule is CC(=O)C1C(c2ccc(F)cc2F)C(C#N)(C#N)C2c3ccccc3C=CN12. The van der Waals surface area contributed by atoms with Crippen LogP contribution in [0.4, 0.5) is 8.78 Å². The molecule has 3 unspecified atom stereocenters. The van der Waals surface area contributed by atoms with Gasteiger partial charge in [-0.25, -0.2) is 8.78 Å². The maximum Gasteiger partial charge on any atom is 0.177 e. The van der Waals surface area contributed by atoms with Gasteiger partial charge in [0.15, 0.2) is 11.2 Å². The van der Waals surface area contributed by atoms with Crippen molar-refractivity contribution in [3.63, 3.8) is 0 Å². The Bertz CT molecular complexity index is 1080. The number of hydrogen-bond donors (Lipinski definition) is 0. The molecule has 0 amide bonds. The van der Waals surface area contributed by atoms with Crippen LogP contribution < -0.4 is 0 Å². The molecule has 4 nitrogen and oxygen atoms in total. The van der Waals surface area contributed by atoms with Gasteiger partial charge in [-0.05, 0) is 35.8 Å². The van der Waals surface area contributed by atoms with Crippen LogP contribution in [0.15, 0.2) is 48.7 Å². The first-order valence-corrected chi connectivity index (χ1v) is 8.77. The normalized spacial score (nSPS) is 24.0. The van der Waals surface area contributed by atoms with Crippen molar-refractivity contribution >= 4 is 11.9 Å². The number of rotatable bonds is 2. The number of Topliss-reactive ketones (excluding diaryl/α,β-unsaturated/α-hetero) is 1. The molecule has 4 rings (SSSR count). The Morgan fingerprint density at radius 2 is 1.82 bits per heavy atom. The molecule has 138 valence electrons. The molecule has 0 saturated carbocycles. The van der Waals surface area contributed by atoms with Crippen LogP contribution >= 0.6 is 0 Å². The summed E-state index contributed by atoms with van der Waals surface area (Å²) in [7, 11) is 0. The van der Waals surface area contributed by atoms with Gasteiger partial charge >= 0.3 is 0 Å². The van der Waals surface area contributed by atoms with Crippen LogP contribution in [0, 0.1) is 39.7 Å². The lowest BCUT2D eigenvalue weighted by Crippen LogP contribution is -2.36. The highest BCUT2D eigenvalue weighted by Gasteiger charge is 2.63. The number of nitrogens with zero attached hydrogens (tertiary/aromatic N) is 3. The second-order valence-corrected chi connectivity index (χ2v) is 7.09. The molecule has 0 radical (unpaired) electrons. The number of hydrogen-bond acceptors (Lipinski definition) is 4. The first-order valence-electron chi connectivity index (χ1n) is 8.77. The third-order valence-electron chi connectivity index (χ3n) is 5.66. The molecule has 28 heavy (non-hydrogen) atoms. The fraction of sp³-hybridized carbons (Fsp3) is 0.227. The minimum atomic E-state index is -1.73. The summed E-state index contributed by atoms with van der Waals surface area (Å²) in [4.78, 5) is 14.3. The highest BCUT2D eigenvalue weighted by atomic mass is 19.1. The predicted molar refractivity (Wildman–Crippen MR) is 97.3 cm³/mol. The summed E-state index contributed by atoms with van der Waals surface area (Å²) >= 11 is 0. The van der Waals surface area contributed by atoms with Gasteiger partial charge in [-0.2, -0.15) is 10.5 Å². The molecule has 1 fully saturated rings. The molecule has 2 aliphatic heterocycles. The van der Waals surface area contributed by atoms with E-state index in [-0.39, 0.29) is 11.3 Å². The van der Waals surface area contributed by atoms with Crippen molar-refractivity contribution in [2.24, 2.45) is 5.41 Å². The first kappa shape index (κ1) is 17.9. The van der Waals surface area contributed by atoms with Gasteiger partial charge in [0.1, 0.15) is 11.6 Å². The molecule has 2 aliphatic rings. The zero-order valence-corrected chi connectivity index (χ0v) is 14.9. The maximum atomic E-state index is 14.7. The largest absolute Gasteiger partial charge is 0.357 e. The lowest BCUT2D eigenvalue weighted by molar-refractivity contribution is -0.121. The molecule has 0 spiro atoms. The first-order chi connectivity index (χ1) is 13.4. The number of fused-ring (bicyclic) bond motifs is 3. The zero-order chi connectivity index (χ0) is 20.1. The zero-order valence-electron chi connectivity index (χ0n) is 14.9. The summed E-state index contributed by atoms with van der Waals surface area (Å²) in [6.45, 7) is 1.36. The molecule has 0 bridgehead atoms. The average Bonchev–Trinajstić information content (AvgIpc) is 2.99. The lowest BCUT2D eigenvalue weighted by atomic mass is 9.67. The van der Waals surface area contributed by atoms with Crippen molar-refractivity contribution in [2.45, 2.75) is 24.9 Å². The van der Waals surface area contributed by atoms with Gasteiger partial charge in [-0.1, -0.05) is 30.3 Å². The summed E-state index contributed by atoms with van der Waals surface area (Å²) < 4.78 is 28.2. The van der Waals surface area contributed by atoms with E-state index in [1.165, 1.54) is 13.0 Å². The summed E-state index contributed by atoms with van der Waals surface area (Å²) in [6.07, 6.45) is 3.49. The van der Waals surface area contributed by atoms with E-state index in [0.717, 1.165) is 17.2 Å². The van der Waals surface area contributed by atoms with E-state index in [2.05, 4.69) is 12.1 Å². The van der Waals surface area contributed by atoms with Gasteiger partial charge in [0.2, 0.25) is 0 Å². The molecule has 2 heterocycles. The summed E-state index contributed by atoms with van der Waals surface area (Å²) in [5, 5.41) is 20.3. The summed E-state index contributed by atoms with van der Waals surface area (Å²) in [5.41, 5.74) is -0.175. The molecular weight excluding hydrogens is 360 g/mol. The molecule has 0 aromatic heterocycles. The van der Waals surface area contributed by atoms with Crippen LogP contribution in [0.5, 0.6) is 0 Å². The highest BCUT2D eigenvalue weighted by molar-refractivity contribution is 5.85. The van der Waals surface area contributed by atoms with Crippen molar-refractivity contribution in [3.8, 4) is 12.1 Å². The molecule has 0 aliphatic carbocycles. The van der Waals surface area contributed by atoms with E-state index < -0.39 is 35.1 Å². The minimum absolute atomic E-state index is 0.00928. The van der Waals surface area contributed by atoms with Gasteiger partial charge in [0, 0.05) is 18.2 Å². The van der Waals surface area contributed by atoms with Gasteiger partial charge in [0.05, 0.1) is 24.2 Å². The summed E-state index contributed by atoms with van der Waals surface area (Å²) in [5.74, 6) is -3.00. The van der Waals surface area contributed by atoms with Crippen molar-refractivity contribution in [3.05, 3.63) is 77.0 Å². The Balaban J connectivity index is 2.03. The molecule has 2 aromatic rings. The number of carbonyl (C=O) groups is 1. The van der Waals surface area contributed by atoms with Crippen molar-refractivity contribution in [1.82, 2.24) is 4.90 Å². The van der Waals surface area contributed by atoms with Crippen LogP contribution in [0.2, 0.25) is 0 Å². The van der Waals surface area contributed by atoms with Crippen LogP contribution in [-0.2, 0) is 4.79 Å². The molecule has 2 aromatic carbocycles. The third kappa shape index (κ3) is 2.28. The van der Waals surface area contributed by atoms with Crippen molar-refractivity contribution < 1.29 is 13.6 Å². The molecular formula is C22H15F2N3O. The number of ketones is 1. The highest BCUT2D eigenvalue weighted by Crippen LogP contribution is 2.59. The van der Waals surface area contributed by atoms with Crippen molar-refractivity contribution in [1.29, 1.82) is 10.5 Å². The van der Waals surface area contributed by atoms with E-state index in [1.54, 1.807) is 23.2 Å². The van der Waals surface area contributed by atoms with Crippen LogP contribution in [0.1, 0.15) is 35.6 Å². The molecule has 1 saturated heterocycles. The molecule has 0 N–H and O–H groups in total. The fourth-order valence-electron chi connectivity index (χ4n) is 4.55. The number of nitriles is 2. The average molecular weight is 375 g/mol. The van der Waals surface area contributed by atoms with E-state index in [9.17, 15) is 24.1 Å². The Morgan fingerprint density at radius 1 is 1.11 bits per heavy atom. The van der Waals surface area contributed by atoms with Crippen LogP contribution in [-0.4, -0.2) is 16.7 Å². The van der Waals surface area contributed by atoms with E-state index in [1.807, 2.05) is 18.2 Å². The monoisotopic (exact) mass is 375 g/mol. The van der Waals surface area contributed by atoms with E-state index >= 15 is 0 Å². The number of carbonyl (C=O) groups excluding carboxylic acids is 1. The third-order valence-corrected chi connectivity index (χ3v) is 5.66. The summed E-state index contributed by atoms with van der Waals surface area (Å²) in [6, 6.07) is 12.8. The minimum Gasteiger partial charge on any atom is -0.357 e. The van der Waals surface area contributed by atoms with Gasteiger partial charge in [-0.15, -0.1) is 0 Å². The van der Waals surface area contributed by atoms with Crippen molar-refractivity contribution in [2.75, 3.05) is 0 Å². The lowest BCUT2D eigenvalue weighted by Gasteiger charge is -2.34. The fourth-order valence-corrected chi connectivity index (χ4v) is 4.55. The number of halogens is 2. The quantitative estimate of drug-likeness (QED) is 0.793. The maximum absolute atomic E-state index is 14.7. The standard InChI is InChI=1S/C22H15F2N3O/c1-13(28)20-19(17-7-6-15(23)10-18(17)24)22(11-25,12-26)21-16-5-3-2-4-14(16)8-9-27(20)21/h2-10,19-21H,1H3. The Labute approximate surface area is 160 Å². The number of benzene rings is 2. The van der Waals surface area contributed by atoms with Crippen LogP contribution in [0.25, 0.3) is 6.08 Å². The molecule has 6 heteroatoms. The Kier molecular flexibility index (Phi) is 4.01. The van der Waals surface area contributed by atoms with E-state index in [4.69, 9.17) is 0 Å². The Morgan fingerprint density at radius 3 is 2.46 bits per heavy atom. The van der Waals surface area contributed by atoms with E-state index in [0.29, 0.717) is 6.07 Å². The van der Waals surface area contributed by atoms with Gasteiger partial charge in [0.25, 0.3) is 0 Å². The Hall–Kier alpha value is -3.51. The second kappa shape index (κ2) is 6.28. The topological polar surface area (TPSA) is 67.9 Å². The predicted octanol–water partition coefficient (Wildman–Crippen LogP) is 4.08. The van der Waals surface area contributed by atoms with Gasteiger partial charge in [-0.3, -0.25) is 4.79 Å².